The molecule has 128 valence electrons. The van der Waals surface area contributed by atoms with Crippen LogP contribution < -0.4 is 9.47 Å². The summed E-state index contributed by atoms with van der Waals surface area (Å²) in [5.41, 5.74) is 0.678. The zero-order chi connectivity index (χ0) is 17.8. The number of hydrogen-bond donors (Lipinski definition) is 0. The Morgan fingerprint density at radius 3 is 2.60 bits per heavy atom. The molecule has 1 heterocycles. The van der Waals surface area contributed by atoms with Crippen LogP contribution in [0.5, 0.6) is 17.2 Å². The Kier molecular flexibility index (Phi) is 4.60. The van der Waals surface area contributed by atoms with Gasteiger partial charge in [-0.2, -0.15) is 5.10 Å². The van der Waals surface area contributed by atoms with Crippen LogP contribution in [-0.2, 0) is 6.54 Å². The topological polar surface area (TPSA) is 79.4 Å². The lowest BCUT2D eigenvalue weighted by molar-refractivity contribution is -0.385. The summed E-state index contributed by atoms with van der Waals surface area (Å²) in [5.74, 6) is 0.190. The molecule has 0 unspecified atom stereocenters. The van der Waals surface area contributed by atoms with E-state index in [2.05, 4.69) is 5.10 Å². The zero-order valence-corrected chi connectivity index (χ0v) is 13.3. The average Bonchev–Trinajstić information content (AvgIpc) is 3.04. The Bertz CT molecular complexity index is 893. The van der Waals surface area contributed by atoms with Crippen LogP contribution in [0.1, 0.15) is 5.56 Å². The molecule has 8 heteroatoms. The molecule has 0 N–H and O–H groups in total. The summed E-state index contributed by atoms with van der Waals surface area (Å²) in [6.45, 7) is 0.510. The zero-order valence-electron chi connectivity index (χ0n) is 13.3. The summed E-state index contributed by atoms with van der Waals surface area (Å²) in [6.07, 6.45) is 3.06. The van der Waals surface area contributed by atoms with E-state index in [4.69, 9.17) is 9.47 Å². The molecule has 0 aliphatic heterocycles. The Balaban J connectivity index is 1.70. The molecule has 0 radical (unpaired) electrons. The van der Waals surface area contributed by atoms with Crippen molar-refractivity contribution < 1.29 is 18.8 Å². The van der Waals surface area contributed by atoms with Crippen LogP contribution in [0.3, 0.4) is 0 Å². The summed E-state index contributed by atoms with van der Waals surface area (Å²) in [6, 6.07) is 10.7. The number of aromatic nitrogens is 2. The van der Waals surface area contributed by atoms with E-state index in [9.17, 15) is 14.5 Å². The number of rotatable bonds is 6. The molecule has 0 fully saturated rings. The molecule has 0 aliphatic rings. The third kappa shape index (κ3) is 3.92. The van der Waals surface area contributed by atoms with Gasteiger partial charge in [0.1, 0.15) is 5.75 Å². The molecular weight excluding hydrogens is 329 g/mol. The number of non-ortho nitro benzene ring substituents is 1. The molecule has 0 spiro atoms. The summed E-state index contributed by atoms with van der Waals surface area (Å²) >= 11 is 0. The minimum absolute atomic E-state index is 0.102. The van der Waals surface area contributed by atoms with Crippen molar-refractivity contribution in [2.24, 2.45) is 0 Å². The van der Waals surface area contributed by atoms with Crippen molar-refractivity contribution in [2.75, 3.05) is 7.11 Å². The largest absolute Gasteiger partial charge is 0.497 e. The summed E-state index contributed by atoms with van der Waals surface area (Å²) < 4.78 is 26.0. The van der Waals surface area contributed by atoms with Crippen LogP contribution in [0.2, 0.25) is 0 Å². The maximum absolute atomic E-state index is 13.9. The number of nitro groups is 1. The van der Waals surface area contributed by atoms with Crippen molar-refractivity contribution in [3.8, 4) is 17.2 Å². The number of ether oxygens (including phenoxy) is 2. The summed E-state index contributed by atoms with van der Waals surface area (Å²) in [7, 11) is 1.60. The van der Waals surface area contributed by atoms with Gasteiger partial charge >= 0.3 is 0 Å². The van der Waals surface area contributed by atoms with Crippen LogP contribution >= 0.6 is 0 Å². The normalized spacial score (nSPS) is 10.5. The van der Waals surface area contributed by atoms with Crippen molar-refractivity contribution in [3.05, 3.63) is 76.4 Å². The molecule has 0 aliphatic carbocycles. The third-order valence-electron chi connectivity index (χ3n) is 3.47. The number of nitrogens with zero attached hydrogens (tertiary/aromatic N) is 3. The molecule has 0 atom stereocenters. The SMILES string of the molecule is COc1ccc(Cn2cc(Oc3ccc([N+](=O)[O-])cc3F)cn2)cc1. The predicted molar refractivity (Wildman–Crippen MR) is 87.5 cm³/mol. The van der Waals surface area contributed by atoms with Crippen LogP contribution in [0.4, 0.5) is 10.1 Å². The van der Waals surface area contributed by atoms with E-state index in [1.165, 1.54) is 18.3 Å². The Morgan fingerprint density at radius 2 is 1.96 bits per heavy atom. The highest BCUT2D eigenvalue weighted by Crippen LogP contribution is 2.27. The number of methoxy groups -OCH3 is 1. The number of halogens is 1. The highest BCUT2D eigenvalue weighted by atomic mass is 19.1. The van der Waals surface area contributed by atoms with Crippen LogP contribution in [0.15, 0.2) is 54.9 Å². The molecule has 25 heavy (non-hydrogen) atoms. The fraction of sp³-hybridized carbons (Fsp3) is 0.118. The quantitative estimate of drug-likeness (QED) is 0.503. The van der Waals surface area contributed by atoms with E-state index in [0.717, 1.165) is 17.4 Å². The second-order valence-electron chi connectivity index (χ2n) is 5.20. The van der Waals surface area contributed by atoms with E-state index in [0.29, 0.717) is 12.3 Å². The minimum Gasteiger partial charge on any atom is -0.497 e. The lowest BCUT2D eigenvalue weighted by Crippen LogP contribution is -1.99. The molecule has 0 amide bonds. The van der Waals surface area contributed by atoms with Crippen molar-refractivity contribution in [1.82, 2.24) is 9.78 Å². The molecule has 0 bridgehead atoms. The Hall–Kier alpha value is -3.42. The molecule has 3 aromatic rings. The maximum atomic E-state index is 13.9. The molecular formula is C17H14FN3O4. The first-order valence-electron chi connectivity index (χ1n) is 7.32. The monoisotopic (exact) mass is 343 g/mol. The maximum Gasteiger partial charge on any atom is 0.272 e. The lowest BCUT2D eigenvalue weighted by atomic mass is 10.2. The van der Waals surface area contributed by atoms with Crippen LogP contribution in [0.25, 0.3) is 0 Å². The molecule has 2 aromatic carbocycles. The minimum atomic E-state index is -0.808. The number of nitro benzene ring substituents is 1. The molecule has 3 rings (SSSR count). The molecule has 0 saturated carbocycles. The fourth-order valence-electron chi connectivity index (χ4n) is 2.21. The van der Waals surface area contributed by atoms with Crippen LogP contribution in [-0.4, -0.2) is 21.8 Å². The van der Waals surface area contributed by atoms with E-state index in [1.807, 2.05) is 24.3 Å². The first-order chi connectivity index (χ1) is 12.0. The van der Waals surface area contributed by atoms with E-state index in [1.54, 1.807) is 18.0 Å². The second-order valence-corrected chi connectivity index (χ2v) is 5.20. The molecule has 0 saturated heterocycles. The van der Waals surface area contributed by atoms with Gasteiger partial charge in [0.05, 0.1) is 37.0 Å². The van der Waals surface area contributed by atoms with Gasteiger partial charge in [-0.3, -0.25) is 14.8 Å². The van der Waals surface area contributed by atoms with Crippen LogP contribution in [0, 0.1) is 15.9 Å². The predicted octanol–water partition coefficient (Wildman–Crippen LogP) is 3.78. The number of benzene rings is 2. The summed E-state index contributed by atoms with van der Waals surface area (Å²) in [5, 5.41) is 14.8. The van der Waals surface area contributed by atoms with Gasteiger partial charge in [-0.1, -0.05) is 12.1 Å². The standard InChI is InChI=1S/C17H14FN3O4/c1-24-14-5-2-12(3-6-14)10-20-11-15(9-19-20)25-17-7-4-13(21(22)23)8-16(17)18/h2-9,11H,10H2,1H3. The van der Waals surface area contributed by atoms with Gasteiger partial charge < -0.3 is 9.47 Å². The fourth-order valence-corrected chi connectivity index (χ4v) is 2.21. The van der Waals surface area contributed by atoms with Crippen molar-refractivity contribution in [3.63, 3.8) is 0 Å². The smallest absolute Gasteiger partial charge is 0.272 e. The van der Waals surface area contributed by atoms with E-state index < -0.39 is 10.7 Å². The van der Waals surface area contributed by atoms with Crippen molar-refractivity contribution in [2.45, 2.75) is 6.54 Å². The summed E-state index contributed by atoms with van der Waals surface area (Å²) in [4.78, 5) is 9.95. The number of hydrogen-bond acceptors (Lipinski definition) is 5. The van der Waals surface area contributed by atoms with E-state index >= 15 is 0 Å². The molecule has 1 aromatic heterocycles. The highest BCUT2D eigenvalue weighted by Gasteiger charge is 2.13. The van der Waals surface area contributed by atoms with Gasteiger partial charge in [0, 0.05) is 6.07 Å². The van der Waals surface area contributed by atoms with Gasteiger partial charge in [-0.05, 0) is 23.8 Å². The van der Waals surface area contributed by atoms with E-state index in [-0.39, 0.29) is 11.4 Å². The lowest BCUT2D eigenvalue weighted by Gasteiger charge is -2.05. The molecule has 7 nitrogen and oxygen atoms in total. The first kappa shape index (κ1) is 16.4. The highest BCUT2D eigenvalue weighted by molar-refractivity contribution is 5.39. The Labute approximate surface area is 142 Å². The third-order valence-corrected chi connectivity index (χ3v) is 3.47. The van der Waals surface area contributed by atoms with Crippen molar-refractivity contribution in [1.29, 1.82) is 0 Å². The van der Waals surface area contributed by atoms with Crippen molar-refractivity contribution >= 4 is 5.69 Å². The Morgan fingerprint density at radius 1 is 1.20 bits per heavy atom. The van der Waals surface area contributed by atoms with Gasteiger partial charge in [0.15, 0.2) is 17.3 Å². The van der Waals surface area contributed by atoms with Gasteiger partial charge in [0.2, 0.25) is 0 Å². The van der Waals surface area contributed by atoms with Gasteiger partial charge in [-0.25, -0.2) is 4.39 Å². The van der Waals surface area contributed by atoms with Gasteiger partial charge in [-0.15, -0.1) is 0 Å². The average molecular weight is 343 g/mol. The first-order valence-corrected chi connectivity index (χ1v) is 7.32. The second kappa shape index (κ2) is 7.00. The van der Waals surface area contributed by atoms with Gasteiger partial charge in [0.25, 0.3) is 5.69 Å².